The lowest BCUT2D eigenvalue weighted by atomic mass is 9.86. The van der Waals surface area contributed by atoms with Gasteiger partial charge in [-0.05, 0) is 57.9 Å². The quantitative estimate of drug-likeness (QED) is 0.644. The molecule has 1 rings (SSSR count). The van der Waals surface area contributed by atoms with Crippen molar-refractivity contribution >= 4 is 5.91 Å². The molecule has 0 saturated heterocycles. The van der Waals surface area contributed by atoms with Crippen LogP contribution in [0.15, 0.2) is 12.7 Å². The van der Waals surface area contributed by atoms with Crippen molar-refractivity contribution in [1.29, 1.82) is 0 Å². The average molecular weight is 309 g/mol. The number of carbonyl (C=O) groups excluding carboxylic acids is 1. The third kappa shape index (κ3) is 5.40. The third-order valence-electron chi connectivity index (χ3n) is 4.87. The summed E-state index contributed by atoms with van der Waals surface area (Å²) in [5.74, 6) is 0.875. The molecule has 22 heavy (non-hydrogen) atoms. The lowest BCUT2D eigenvalue weighted by molar-refractivity contribution is -0.134. The minimum atomic E-state index is -0.125. The van der Waals surface area contributed by atoms with Gasteiger partial charge in [0, 0.05) is 18.6 Å². The van der Waals surface area contributed by atoms with Gasteiger partial charge >= 0.3 is 0 Å². The molecule has 0 bridgehead atoms. The Labute approximate surface area is 136 Å². The number of nitrogens with two attached hydrogens (primary N) is 1. The molecule has 0 aromatic carbocycles. The topological polar surface area (TPSA) is 58.4 Å². The Bertz CT molecular complexity index is 337. The van der Waals surface area contributed by atoms with Gasteiger partial charge in [0.05, 0.1) is 6.04 Å². The molecule has 1 aliphatic rings. The van der Waals surface area contributed by atoms with E-state index in [0.29, 0.717) is 12.0 Å². The summed E-state index contributed by atoms with van der Waals surface area (Å²) < 4.78 is 0. The summed E-state index contributed by atoms with van der Waals surface area (Å²) in [5.41, 5.74) is 5.74. The zero-order valence-electron chi connectivity index (χ0n) is 14.7. The van der Waals surface area contributed by atoms with Crippen LogP contribution in [0.5, 0.6) is 0 Å². The van der Waals surface area contributed by atoms with Crippen LogP contribution in [0.1, 0.15) is 59.3 Å². The Morgan fingerprint density at radius 3 is 2.45 bits per heavy atom. The van der Waals surface area contributed by atoms with Crippen molar-refractivity contribution in [3.8, 4) is 0 Å². The van der Waals surface area contributed by atoms with Crippen LogP contribution in [0.3, 0.4) is 0 Å². The second-order valence-electron chi connectivity index (χ2n) is 6.58. The van der Waals surface area contributed by atoms with Crippen molar-refractivity contribution in [2.75, 3.05) is 13.1 Å². The summed E-state index contributed by atoms with van der Waals surface area (Å²) in [7, 11) is 0. The van der Waals surface area contributed by atoms with E-state index in [2.05, 4.69) is 25.7 Å². The van der Waals surface area contributed by atoms with Crippen molar-refractivity contribution < 1.29 is 4.79 Å². The van der Waals surface area contributed by atoms with Crippen LogP contribution < -0.4 is 11.1 Å². The number of carbonyl (C=O) groups is 1. The molecule has 2 atom stereocenters. The highest BCUT2D eigenvalue weighted by molar-refractivity contribution is 5.82. The summed E-state index contributed by atoms with van der Waals surface area (Å²) in [6, 6.07) is 0.471. The third-order valence-corrected chi connectivity index (χ3v) is 4.87. The standard InChI is InChI=1S/C18H35N3O/c1-5-12-21(17(6-2)7-3)18(22)14(4)20-16-10-8-15(13-19)9-11-16/h6,14-17,20H,2,5,7-13,19H2,1,3-4H3/t14-,15?,16?,17-/m1/s1. The van der Waals surface area contributed by atoms with E-state index in [-0.39, 0.29) is 18.0 Å². The highest BCUT2D eigenvalue weighted by Gasteiger charge is 2.27. The predicted octanol–water partition coefficient (Wildman–Crippen LogP) is 2.69. The maximum absolute atomic E-state index is 12.8. The maximum Gasteiger partial charge on any atom is 0.239 e. The Kier molecular flexibility index (Phi) is 8.72. The van der Waals surface area contributed by atoms with Crippen LogP contribution in [-0.4, -0.2) is 42.0 Å². The fourth-order valence-corrected chi connectivity index (χ4v) is 3.43. The molecule has 0 unspecified atom stereocenters. The Morgan fingerprint density at radius 1 is 1.36 bits per heavy atom. The molecule has 1 aliphatic carbocycles. The lowest BCUT2D eigenvalue weighted by Crippen LogP contribution is -2.52. The predicted molar refractivity (Wildman–Crippen MR) is 93.7 cm³/mol. The summed E-state index contributed by atoms with van der Waals surface area (Å²) in [6.45, 7) is 11.7. The summed E-state index contributed by atoms with van der Waals surface area (Å²) in [4.78, 5) is 14.8. The molecular formula is C18H35N3O. The Morgan fingerprint density at radius 2 is 2.00 bits per heavy atom. The van der Waals surface area contributed by atoms with Crippen LogP contribution in [0, 0.1) is 5.92 Å². The molecule has 1 saturated carbocycles. The van der Waals surface area contributed by atoms with Crippen molar-refractivity contribution in [2.24, 2.45) is 11.7 Å². The second-order valence-corrected chi connectivity index (χ2v) is 6.58. The summed E-state index contributed by atoms with van der Waals surface area (Å²) in [5, 5.41) is 3.54. The van der Waals surface area contributed by atoms with Gasteiger partial charge in [0.25, 0.3) is 0 Å². The van der Waals surface area contributed by atoms with Crippen molar-refractivity contribution in [2.45, 2.75) is 77.4 Å². The molecule has 1 fully saturated rings. The number of nitrogens with zero attached hydrogens (tertiary/aromatic N) is 1. The minimum absolute atomic E-state index is 0.125. The van der Waals surface area contributed by atoms with E-state index in [4.69, 9.17) is 5.73 Å². The van der Waals surface area contributed by atoms with Gasteiger partial charge in [-0.15, -0.1) is 6.58 Å². The molecule has 0 radical (unpaired) electrons. The monoisotopic (exact) mass is 309 g/mol. The first kappa shape index (κ1) is 19.2. The molecular weight excluding hydrogens is 274 g/mol. The Hall–Kier alpha value is -0.870. The molecule has 3 N–H and O–H groups in total. The molecule has 0 aromatic heterocycles. The van der Waals surface area contributed by atoms with E-state index in [1.807, 2.05) is 17.9 Å². The van der Waals surface area contributed by atoms with E-state index in [1.54, 1.807) is 0 Å². The smallest absolute Gasteiger partial charge is 0.239 e. The van der Waals surface area contributed by atoms with Gasteiger partial charge in [0.2, 0.25) is 5.91 Å². The number of hydrogen-bond acceptors (Lipinski definition) is 3. The van der Waals surface area contributed by atoms with Crippen LogP contribution in [-0.2, 0) is 4.79 Å². The van der Waals surface area contributed by atoms with Gasteiger partial charge in [-0.25, -0.2) is 0 Å². The zero-order valence-corrected chi connectivity index (χ0v) is 14.7. The normalized spacial score (nSPS) is 24.5. The van der Waals surface area contributed by atoms with Crippen LogP contribution in [0.2, 0.25) is 0 Å². The van der Waals surface area contributed by atoms with Gasteiger partial charge in [0.1, 0.15) is 0 Å². The summed E-state index contributed by atoms with van der Waals surface area (Å²) >= 11 is 0. The van der Waals surface area contributed by atoms with Gasteiger partial charge in [-0.3, -0.25) is 4.79 Å². The lowest BCUT2D eigenvalue weighted by Gasteiger charge is -2.34. The first-order chi connectivity index (χ1) is 10.6. The van der Waals surface area contributed by atoms with E-state index >= 15 is 0 Å². The second kappa shape index (κ2) is 10.0. The fourth-order valence-electron chi connectivity index (χ4n) is 3.43. The van der Waals surface area contributed by atoms with Gasteiger partial charge in [0.15, 0.2) is 0 Å². The van der Waals surface area contributed by atoms with Crippen LogP contribution in [0.4, 0.5) is 0 Å². The maximum atomic E-state index is 12.8. The van der Waals surface area contributed by atoms with E-state index in [9.17, 15) is 4.79 Å². The van der Waals surface area contributed by atoms with Crippen molar-refractivity contribution in [1.82, 2.24) is 10.2 Å². The highest BCUT2D eigenvalue weighted by Crippen LogP contribution is 2.23. The van der Waals surface area contributed by atoms with Gasteiger partial charge in [-0.1, -0.05) is 19.9 Å². The Balaban J connectivity index is 2.56. The molecule has 0 aromatic rings. The number of amides is 1. The molecule has 128 valence electrons. The SMILES string of the molecule is C=C[C@H](CC)N(CCC)C(=O)[C@@H](C)NC1CCC(CN)CC1. The van der Waals surface area contributed by atoms with E-state index < -0.39 is 0 Å². The van der Waals surface area contributed by atoms with E-state index in [1.165, 1.54) is 12.8 Å². The van der Waals surface area contributed by atoms with Crippen molar-refractivity contribution in [3.63, 3.8) is 0 Å². The number of nitrogens with one attached hydrogen (secondary N) is 1. The molecule has 0 aliphatic heterocycles. The largest absolute Gasteiger partial charge is 0.335 e. The molecule has 4 heteroatoms. The first-order valence-electron chi connectivity index (χ1n) is 8.96. The van der Waals surface area contributed by atoms with Gasteiger partial charge < -0.3 is 16.0 Å². The van der Waals surface area contributed by atoms with Gasteiger partial charge in [-0.2, -0.15) is 0 Å². The molecule has 1 amide bonds. The van der Waals surface area contributed by atoms with Crippen LogP contribution >= 0.6 is 0 Å². The van der Waals surface area contributed by atoms with Crippen LogP contribution in [0.25, 0.3) is 0 Å². The number of rotatable bonds is 9. The van der Waals surface area contributed by atoms with Crippen molar-refractivity contribution in [3.05, 3.63) is 12.7 Å². The average Bonchev–Trinajstić information content (AvgIpc) is 2.55. The molecule has 0 spiro atoms. The minimum Gasteiger partial charge on any atom is -0.335 e. The molecule has 4 nitrogen and oxygen atoms in total. The highest BCUT2D eigenvalue weighted by atomic mass is 16.2. The zero-order chi connectivity index (χ0) is 16.5. The first-order valence-corrected chi connectivity index (χ1v) is 8.96. The van der Waals surface area contributed by atoms with E-state index in [0.717, 1.165) is 38.8 Å². The fraction of sp³-hybridized carbons (Fsp3) is 0.833. The molecule has 0 heterocycles. The summed E-state index contributed by atoms with van der Waals surface area (Å²) in [6.07, 6.45) is 8.41. The number of hydrogen-bond donors (Lipinski definition) is 2.